The molecule has 1 heterocycles. The molecule has 1 fully saturated rings. The van der Waals surface area contributed by atoms with E-state index < -0.39 is 10.0 Å². The number of rotatable bonds is 4. The lowest BCUT2D eigenvalue weighted by Gasteiger charge is -2.28. The Morgan fingerprint density at radius 1 is 1.38 bits per heavy atom. The summed E-state index contributed by atoms with van der Waals surface area (Å²) < 4.78 is 31.3. The topological polar surface area (TPSA) is 67.4 Å². The SMILES string of the molecule is CNS(=O)(=O)c1ccccc1OC1CNC1. The molecule has 0 saturated carbocycles. The largest absolute Gasteiger partial charge is 0.486 e. The van der Waals surface area contributed by atoms with Crippen LogP contribution in [-0.2, 0) is 10.0 Å². The van der Waals surface area contributed by atoms with E-state index in [0.29, 0.717) is 5.75 Å². The molecule has 0 unspecified atom stereocenters. The van der Waals surface area contributed by atoms with Crippen molar-refractivity contribution in [2.75, 3.05) is 20.1 Å². The summed E-state index contributed by atoms with van der Waals surface area (Å²) in [5, 5.41) is 3.06. The van der Waals surface area contributed by atoms with Crippen LogP contribution in [0.1, 0.15) is 0 Å². The number of ether oxygens (including phenoxy) is 1. The van der Waals surface area contributed by atoms with Crippen LogP contribution in [0, 0.1) is 0 Å². The maximum atomic E-state index is 11.7. The number of hydrogen-bond donors (Lipinski definition) is 2. The minimum absolute atomic E-state index is 0.0632. The van der Waals surface area contributed by atoms with Gasteiger partial charge in [0.15, 0.2) is 0 Å². The molecule has 0 spiro atoms. The Morgan fingerprint density at radius 3 is 2.62 bits per heavy atom. The molecule has 1 aromatic rings. The van der Waals surface area contributed by atoms with Crippen molar-refractivity contribution in [1.82, 2.24) is 10.0 Å². The van der Waals surface area contributed by atoms with Gasteiger partial charge in [0, 0.05) is 13.1 Å². The van der Waals surface area contributed by atoms with E-state index in [1.165, 1.54) is 13.1 Å². The molecule has 1 aliphatic heterocycles. The van der Waals surface area contributed by atoms with Crippen molar-refractivity contribution >= 4 is 10.0 Å². The molecule has 0 atom stereocenters. The molecule has 0 amide bonds. The van der Waals surface area contributed by atoms with Gasteiger partial charge in [0.05, 0.1) is 0 Å². The summed E-state index contributed by atoms with van der Waals surface area (Å²) in [4.78, 5) is 0.185. The summed E-state index contributed by atoms with van der Waals surface area (Å²) in [5.74, 6) is 0.406. The summed E-state index contributed by atoms with van der Waals surface area (Å²) in [6.07, 6.45) is 0.0632. The third-order valence-electron chi connectivity index (χ3n) is 2.45. The molecule has 16 heavy (non-hydrogen) atoms. The Hall–Kier alpha value is -1.11. The highest BCUT2D eigenvalue weighted by atomic mass is 32.2. The normalized spacial score (nSPS) is 16.8. The lowest BCUT2D eigenvalue weighted by molar-refractivity contribution is 0.138. The molecule has 2 N–H and O–H groups in total. The van der Waals surface area contributed by atoms with Crippen LogP contribution in [0.2, 0.25) is 0 Å². The van der Waals surface area contributed by atoms with Gasteiger partial charge in [-0.1, -0.05) is 12.1 Å². The van der Waals surface area contributed by atoms with E-state index in [4.69, 9.17) is 4.74 Å². The van der Waals surface area contributed by atoms with Gasteiger partial charge in [-0.15, -0.1) is 0 Å². The number of para-hydroxylation sites is 1. The first-order chi connectivity index (χ1) is 7.63. The number of benzene rings is 1. The van der Waals surface area contributed by atoms with Crippen molar-refractivity contribution in [3.8, 4) is 5.75 Å². The molecule has 88 valence electrons. The van der Waals surface area contributed by atoms with Gasteiger partial charge in [-0.05, 0) is 19.2 Å². The van der Waals surface area contributed by atoms with Crippen LogP contribution in [0.15, 0.2) is 29.2 Å². The van der Waals surface area contributed by atoms with Crippen LogP contribution in [0.3, 0.4) is 0 Å². The predicted molar refractivity (Wildman–Crippen MR) is 60.0 cm³/mol. The smallest absolute Gasteiger partial charge is 0.243 e. The number of nitrogens with one attached hydrogen (secondary N) is 2. The summed E-state index contributed by atoms with van der Waals surface area (Å²) in [7, 11) is -2.07. The van der Waals surface area contributed by atoms with E-state index in [9.17, 15) is 8.42 Å². The van der Waals surface area contributed by atoms with Crippen LogP contribution >= 0.6 is 0 Å². The van der Waals surface area contributed by atoms with E-state index in [-0.39, 0.29) is 11.0 Å². The molecular formula is C10H14N2O3S. The molecule has 6 heteroatoms. The van der Waals surface area contributed by atoms with Crippen LogP contribution in [-0.4, -0.2) is 34.7 Å². The Labute approximate surface area is 94.9 Å². The molecule has 2 rings (SSSR count). The van der Waals surface area contributed by atoms with E-state index in [2.05, 4.69) is 10.0 Å². The highest BCUT2D eigenvalue weighted by Crippen LogP contribution is 2.24. The van der Waals surface area contributed by atoms with Crippen molar-refractivity contribution in [3.05, 3.63) is 24.3 Å². The second kappa shape index (κ2) is 4.40. The monoisotopic (exact) mass is 242 g/mol. The van der Waals surface area contributed by atoms with Crippen LogP contribution in [0.25, 0.3) is 0 Å². The molecule has 1 aliphatic rings. The molecule has 1 saturated heterocycles. The Balaban J connectivity index is 2.29. The minimum Gasteiger partial charge on any atom is -0.486 e. The highest BCUT2D eigenvalue weighted by Gasteiger charge is 2.23. The van der Waals surface area contributed by atoms with Gasteiger partial charge < -0.3 is 10.1 Å². The van der Waals surface area contributed by atoms with Crippen molar-refractivity contribution < 1.29 is 13.2 Å². The summed E-state index contributed by atoms with van der Waals surface area (Å²) in [6.45, 7) is 1.52. The Morgan fingerprint density at radius 2 is 2.06 bits per heavy atom. The fraction of sp³-hybridized carbons (Fsp3) is 0.400. The molecule has 0 aromatic heterocycles. The predicted octanol–water partition coefficient (Wildman–Crippen LogP) is -0.0547. The van der Waals surface area contributed by atoms with E-state index >= 15 is 0 Å². The van der Waals surface area contributed by atoms with Gasteiger partial charge >= 0.3 is 0 Å². The fourth-order valence-electron chi connectivity index (χ4n) is 1.40. The van der Waals surface area contributed by atoms with Gasteiger partial charge in [-0.3, -0.25) is 0 Å². The maximum absolute atomic E-state index is 11.7. The average Bonchev–Trinajstić information content (AvgIpc) is 2.24. The van der Waals surface area contributed by atoms with Crippen molar-refractivity contribution in [3.63, 3.8) is 0 Å². The number of sulfonamides is 1. The summed E-state index contributed by atoms with van der Waals surface area (Å²) in [5.41, 5.74) is 0. The maximum Gasteiger partial charge on any atom is 0.243 e. The third-order valence-corrected chi connectivity index (χ3v) is 3.90. The standard InChI is InChI=1S/C10H14N2O3S/c1-11-16(13,14)10-5-3-2-4-9(10)15-8-6-12-7-8/h2-5,8,11-12H,6-7H2,1H3. The van der Waals surface area contributed by atoms with Crippen LogP contribution in [0.4, 0.5) is 0 Å². The Bertz CT molecular complexity index is 469. The van der Waals surface area contributed by atoms with Crippen molar-refractivity contribution in [2.24, 2.45) is 0 Å². The van der Waals surface area contributed by atoms with Crippen molar-refractivity contribution in [2.45, 2.75) is 11.0 Å². The molecular weight excluding hydrogens is 228 g/mol. The zero-order chi connectivity index (χ0) is 11.6. The first-order valence-corrected chi connectivity index (χ1v) is 6.52. The van der Waals surface area contributed by atoms with Gasteiger partial charge in [-0.2, -0.15) is 0 Å². The van der Waals surface area contributed by atoms with E-state index in [0.717, 1.165) is 13.1 Å². The second-order valence-corrected chi connectivity index (χ2v) is 5.41. The molecule has 0 aliphatic carbocycles. The molecule has 0 radical (unpaired) electrons. The third kappa shape index (κ3) is 2.18. The van der Waals surface area contributed by atoms with Crippen molar-refractivity contribution in [1.29, 1.82) is 0 Å². The van der Waals surface area contributed by atoms with Crippen LogP contribution < -0.4 is 14.8 Å². The van der Waals surface area contributed by atoms with E-state index in [1.807, 2.05) is 0 Å². The van der Waals surface area contributed by atoms with Gasteiger partial charge in [0.2, 0.25) is 10.0 Å². The molecule has 1 aromatic carbocycles. The highest BCUT2D eigenvalue weighted by molar-refractivity contribution is 7.89. The summed E-state index contributed by atoms with van der Waals surface area (Å²) >= 11 is 0. The quantitative estimate of drug-likeness (QED) is 0.776. The summed E-state index contributed by atoms with van der Waals surface area (Å²) in [6, 6.07) is 6.64. The van der Waals surface area contributed by atoms with Gasteiger partial charge in [-0.25, -0.2) is 13.1 Å². The first kappa shape index (κ1) is 11.4. The lowest BCUT2D eigenvalue weighted by Crippen LogP contribution is -2.50. The Kier molecular flexibility index (Phi) is 3.13. The minimum atomic E-state index is -3.45. The zero-order valence-electron chi connectivity index (χ0n) is 8.93. The first-order valence-electron chi connectivity index (χ1n) is 5.03. The van der Waals surface area contributed by atoms with E-state index in [1.54, 1.807) is 18.2 Å². The lowest BCUT2D eigenvalue weighted by atomic mass is 10.2. The van der Waals surface area contributed by atoms with Gasteiger partial charge in [0.25, 0.3) is 0 Å². The molecule has 0 bridgehead atoms. The number of hydrogen-bond acceptors (Lipinski definition) is 4. The average molecular weight is 242 g/mol. The molecule has 5 nitrogen and oxygen atoms in total. The van der Waals surface area contributed by atoms with Gasteiger partial charge in [0.1, 0.15) is 16.7 Å². The zero-order valence-corrected chi connectivity index (χ0v) is 9.75. The fourth-order valence-corrected chi connectivity index (χ4v) is 2.26. The second-order valence-electron chi connectivity index (χ2n) is 3.55. The van der Waals surface area contributed by atoms with Crippen LogP contribution in [0.5, 0.6) is 5.75 Å².